The fourth-order valence-corrected chi connectivity index (χ4v) is 2.81. The third-order valence-electron chi connectivity index (χ3n) is 4.01. The molecule has 0 radical (unpaired) electrons. The number of benzene rings is 1. The van der Waals surface area contributed by atoms with Gasteiger partial charge in [-0.05, 0) is 23.8 Å². The molecule has 1 N–H and O–H groups in total. The van der Waals surface area contributed by atoms with Crippen LogP contribution in [0.15, 0.2) is 47.4 Å². The number of hydrogen-bond donors (Lipinski definition) is 1. The Labute approximate surface area is 139 Å². The number of carbonyl (C=O) groups excluding carboxylic acids is 1. The number of aromatic nitrogens is 1. The normalized spacial score (nSPS) is 15.6. The standard InChI is InChI=1S/C17H18ClN3O2/c18-15-4-1-13(2-5-15)12-20-7-9-21(10-8-20)17(23)14-3-6-16(22)19-11-14/h1-6,11H,7-10,12H2,(H,19,22). The van der Waals surface area contributed by atoms with E-state index in [0.717, 1.165) is 24.7 Å². The van der Waals surface area contributed by atoms with E-state index in [-0.39, 0.29) is 11.5 Å². The van der Waals surface area contributed by atoms with Crippen molar-refractivity contribution < 1.29 is 4.79 Å². The van der Waals surface area contributed by atoms with Gasteiger partial charge in [0.2, 0.25) is 5.56 Å². The number of aromatic amines is 1. The van der Waals surface area contributed by atoms with Crippen molar-refractivity contribution >= 4 is 17.5 Å². The molecule has 3 rings (SSSR count). The zero-order chi connectivity index (χ0) is 16.2. The van der Waals surface area contributed by atoms with Crippen LogP contribution in [0.3, 0.4) is 0 Å². The number of carbonyl (C=O) groups is 1. The van der Waals surface area contributed by atoms with Gasteiger partial charge in [-0.2, -0.15) is 0 Å². The first-order valence-electron chi connectivity index (χ1n) is 7.56. The molecule has 1 saturated heterocycles. The molecule has 0 aliphatic carbocycles. The molecule has 120 valence electrons. The van der Waals surface area contributed by atoms with Crippen molar-refractivity contribution in [3.8, 4) is 0 Å². The van der Waals surface area contributed by atoms with E-state index in [4.69, 9.17) is 11.6 Å². The third-order valence-corrected chi connectivity index (χ3v) is 4.26. The maximum atomic E-state index is 12.4. The zero-order valence-electron chi connectivity index (χ0n) is 12.7. The van der Waals surface area contributed by atoms with Gasteiger partial charge in [0.15, 0.2) is 0 Å². The van der Waals surface area contributed by atoms with Crippen molar-refractivity contribution in [2.75, 3.05) is 26.2 Å². The van der Waals surface area contributed by atoms with Crippen LogP contribution in [0.25, 0.3) is 0 Å². The summed E-state index contributed by atoms with van der Waals surface area (Å²) in [6.45, 7) is 3.89. The minimum absolute atomic E-state index is 0.0348. The number of amides is 1. The SMILES string of the molecule is O=C(c1ccc(=O)[nH]c1)N1CCN(Cc2ccc(Cl)cc2)CC1. The van der Waals surface area contributed by atoms with Crippen LogP contribution in [0.2, 0.25) is 5.02 Å². The molecule has 6 heteroatoms. The summed E-state index contributed by atoms with van der Waals surface area (Å²) in [5.74, 6) is -0.0348. The van der Waals surface area contributed by atoms with E-state index in [1.807, 2.05) is 29.2 Å². The summed E-state index contributed by atoms with van der Waals surface area (Å²) in [6, 6.07) is 10.8. The number of H-pyrrole nitrogens is 1. The van der Waals surface area contributed by atoms with Gasteiger partial charge in [-0.25, -0.2) is 0 Å². The number of pyridine rings is 1. The lowest BCUT2D eigenvalue weighted by atomic mass is 10.2. The topological polar surface area (TPSA) is 56.4 Å². The number of rotatable bonds is 3. The average molecular weight is 332 g/mol. The van der Waals surface area contributed by atoms with E-state index >= 15 is 0 Å². The van der Waals surface area contributed by atoms with Crippen molar-refractivity contribution in [1.82, 2.24) is 14.8 Å². The van der Waals surface area contributed by atoms with E-state index in [0.29, 0.717) is 18.7 Å². The van der Waals surface area contributed by atoms with Crippen molar-refractivity contribution in [2.45, 2.75) is 6.54 Å². The Balaban J connectivity index is 1.55. The van der Waals surface area contributed by atoms with E-state index in [1.54, 1.807) is 6.07 Å². The highest BCUT2D eigenvalue weighted by molar-refractivity contribution is 6.30. The minimum Gasteiger partial charge on any atom is -0.336 e. The molecule has 2 heterocycles. The van der Waals surface area contributed by atoms with Gasteiger partial charge in [-0.1, -0.05) is 23.7 Å². The number of nitrogens with one attached hydrogen (secondary N) is 1. The summed E-state index contributed by atoms with van der Waals surface area (Å²) in [6.07, 6.45) is 1.48. The molecule has 1 aliphatic rings. The Bertz CT molecular complexity index is 714. The molecule has 5 nitrogen and oxygen atoms in total. The third kappa shape index (κ3) is 4.00. The maximum absolute atomic E-state index is 12.4. The van der Waals surface area contributed by atoms with Crippen LogP contribution in [-0.2, 0) is 6.54 Å². The quantitative estimate of drug-likeness (QED) is 0.935. The fraction of sp³-hybridized carbons (Fsp3) is 0.294. The summed E-state index contributed by atoms with van der Waals surface area (Å²) in [7, 11) is 0. The molecule has 1 fully saturated rings. The van der Waals surface area contributed by atoms with Gasteiger partial charge in [0, 0.05) is 50.0 Å². The van der Waals surface area contributed by atoms with Crippen molar-refractivity contribution in [3.63, 3.8) is 0 Å². The monoisotopic (exact) mass is 331 g/mol. The molecule has 1 aliphatic heterocycles. The molecule has 0 unspecified atom stereocenters. The second-order valence-electron chi connectivity index (χ2n) is 5.64. The first kappa shape index (κ1) is 15.8. The Kier molecular flexibility index (Phi) is 4.79. The lowest BCUT2D eigenvalue weighted by Gasteiger charge is -2.34. The van der Waals surface area contributed by atoms with E-state index in [2.05, 4.69) is 9.88 Å². The fourth-order valence-electron chi connectivity index (χ4n) is 2.68. The number of nitrogens with zero attached hydrogens (tertiary/aromatic N) is 2. The van der Waals surface area contributed by atoms with E-state index in [9.17, 15) is 9.59 Å². The van der Waals surface area contributed by atoms with Crippen LogP contribution in [0.1, 0.15) is 15.9 Å². The summed E-state index contributed by atoms with van der Waals surface area (Å²) >= 11 is 5.90. The first-order chi connectivity index (χ1) is 11.1. The highest BCUT2D eigenvalue weighted by atomic mass is 35.5. The second-order valence-corrected chi connectivity index (χ2v) is 6.07. The maximum Gasteiger partial charge on any atom is 0.255 e. The molecule has 23 heavy (non-hydrogen) atoms. The second kappa shape index (κ2) is 6.98. The summed E-state index contributed by atoms with van der Waals surface area (Å²) in [5, 5.41) is 0.741. The lowest BCUT2D eigenvalue weighted by molar-refractivity contribution is 0.0628. The van der Waals surface area contributed by atoms with Crippen LogP contribution >= 0.6 is 11.6 Å². The van der Waals surface area contributed by atoms with Crippen molar-refractivity contribution in [3.05, 3.63) is 69.1 Å². The van der Waals surface area contributed by atoms with Crippen LogP contribution in [-0.4, -0.2) is 46.9 Å². The highest BCUT2D eigenvalue weighted by Crippen LogP contribution is 2.13. The van der Waals surface area contributed by atoms with Gasteiger partial charge in [-0.3, -0.25) is 14.5 Å². The molecule has 1 aromatic heterocycles. The molecular weight excluding hydrogens is 314 g/mol. The number of hydrogen-bond acceptors (Lipinski definition) is 3. The van der Waals surface area contributed by atoms with Crippen LogP contribution in [0.5, 0.6) is 0 Å². The summed E-state index contributed by atoms with van der Waals surface area (Å²) < 4.78 is 0. The Morgan fingerprint density at radius 1 is 1.04 bits per heavy atom. The highest BCUT2D eigenvalue weighted by Gasteiger charge is 2.22. The molecule has 0 atom stereocenters. The lowest BCUT2D eigenvalue weighted by Crippen LogP contribution is -2.48. The number of piperazine rings is 1. The van der Waals surface area contributed by atoms with Gasteiger partial charge in [0.25, 0.3) is 5.91 Å². The largest absolute Gasteiger partial charge is 0.336 e. The Morgan fingerprint density at radius 2 is 1.74 bits per heavy atom. The Morgan fingerprint density at radius 3 is 2.35 bits per heavy atom. The molecule has 0 bridgehead atoms. The first-order valence-corrected chi connectivity index (χ1v) is 7.94. The summed E-state index contributed by atoms with van der Waals surface area (Å²) in [5.41, 5.74) is 1.54. The molecule has 1 amide bonds. The predicted molar refractivity (Wildman–Crippen MR) is 89.7 cm³/mol. The summed E-state index contributed by atoms with van der Waals surface area (Å²) in [4.78, 5) is 30.1. The van der Waals surface area contributed by atoms with Crippen molar-refractivity contribution in [1.29, 1.82) is 0 Å². The molecule has 0 saturated carbocycles. The van der Waals surface area contributed by atoms with Gasteiger partial charge in [0.1, 0.15) is 0 Å². The van der Waals surface area contributed by atoms with Crippen LogP contribution in [0, 0.1) is 0 Å². The number of halogens is 1. The van der Waals surface area contributed by atoms with Crippen molar-refractivity contribution in [2.24, 2.45) is 0 Å². The molecular formula is C17H18ClN3O2. The van der Waals surface area contributed by atoms with Gasteiger partial charge < -0.3 is 9.88 Å². The zero-order valence-corrected chi connectivity index (χ0v) is 13.4. The predicted octanol–water partition coefficient (Wildman–Crippen LogP) is 1.99. The van der Waals surface area contributed by atoms with Gasteiger partial charge in [-0.15, -0.1) is 0 Å². The van der Waals surface area contributed by atoms with Gasteiger partial charge in [0.05, 0.1) is 5.56 Å². The van der Waals surface area contributed by atoms with E-state index in [1.165, 1.54) is 17.8 Å². The van der Waals surface area contributed by atoms with Crippen LogP contribution < -0.4 is 5.56 Å². The molecule has 0 spiro atoms. The van der Waals surface area contributed by atoms with E-state index < -0.39 is 0 Å². The average Bonchev–Trinajstić information content (AvgIpc) is 2.58. The minimum atomic E-state index is -0.200. The molecule has 2 aromatic rings. The molecule has 1 aromatic carbocycles. The smallest absolute Gasteiger partial charge is 0.255 e. The van der Waals surface area contributed by atoms with Crippen LogP contribution in [0.4, 0.5) is 0 Å². The van der Waals surface area contributed by atoms with Gasteiger partial charge >= 0.3 is 0 Å². The Hall–Kier alpha value is -2.11.